The number of benzene rings is 1. The van der Waals surface area contributed by atoms with Crippen molar-refractivity contribution >= 4 is 30.7 Å². The fourth-order valence-corrected chi connectivity index (χ4v) is 2.81. The summed E-state index contributed by atoms with van der Waals surface area (Å²) in [5.74, 6) is 1.84. The minimum atomic E-state index is -0.0819. The van der Waals surface area contributed by atoms with Crippen LogP contribution in [0.5, 0.6) is 11.5 Å². The second kappa shape index (κ2) is 11.4. The second-order valence-electron chi connectivity index (χ2n) is 6.02. The smallest absolute Gasteiger partial charge is 0.224 e. The maximum absolute atomic E-state index is 12.0. The summed E-state index contributed by atoms with van der Waals surface area (Å²) in [7, 11) is 3.34. The zero-order valence-electron chi connectivity index (χ0n) is 15.1. The highest BCUT2D eigenvalue weighted by atomic mass is 35.5. The van der Waals surface area contributed by atoms with E-state index >= 15 is 0 Å². The van der Waals surface area contributed by atoms with Gasteiger partial charge in [0, 0.05) is 50.7 Å². The Bertz CT molecular complexity index is 536. The Labute approximate surface area is 162 Å². The SMILES string of the molecule is COc1ccc(OC)c(CN2CCN(C(=O)CC(C)N)CC2)c1.Cl.Cl. The molecule has 1 atom stereocenters. The fraction of sp³-hybridized carbons (Fsp3) is 0.588. The van der Waals surface area contributed by atoms with E-state index in [2.05, 4.69) is 4.90 Å². The highest BCUT2D eigenvalue weighted by molar-refractivity contribution is 5.85. The van der Waals surface area contributed by atoms with Gasteiger partial charge in [0.1, 0.15) is 11.5 Å². The first-order chi connectivity index (χ1) is 11.0. The molecule has 1 aliphatic heterocycles. The molecule has 144 valence electrons. The number of nitrogens with two attached hydrogens (primary N) is 1. The van der Waals surface area contributed by atoms with E-state index in [1.54, 1.807) is 14.2 Å². The zero-order chi connectivity index (χ0) is 16.8. The second-order valence-corrected chi connectivity index (χ2v) is 6.02. The van der Waals surface area contributed by atoms with Gasteiger partial charge in [-0.15, -0.1) is 24.8 Å². The first kappa shape index (κ1) is 23.8. The molecule has 6 nitrogen and oxygen atoms in total. The molecule has 0 saturated carbocycles. The Morgan fingerprint density at radius 1 is 1.16 bits per heavy atom. The Kier molecular flexibility index (Phi) is 10.9. The molecule has 25 heavy (non-hydrogen) atoms. The number of hydrogen-bond donors (Lipinski definition) is 1. The Morgan fingerprint density at radius 2 is 1.80 bits per heavy atom. The first-order valence-corrected chi connectivity index (χ1v) is 8.00. The summed E-state index contributed by atoms with van der Waals surface area (Å²) in [6, 6.07) is 5.75. The average Bonchev–Trinajstić information content (AvgIpc) is 2.54. The lowest BCUT2D eigenvalue weighted by atomic mass is 10.1. The van der Waals surface area contributed by atoms with Gasteiger partial charge in [-0.05, 0) is 25.1 Å². The molecule has 1 heterocycles. The van der Waals surface area contributed by atoms with Crippen LogP contribution in [-0.4, -0.2) is 62.1 Å². The quantitative estimate of drug-likeness (QED) is 0.799. The normalized spacial score (nSPS) is 15.6. The molecule has 0 spiro atoms. The predicted molar refractivity (Wildman–Crippen MR) is 104 cm³/mol. The Hall–Kier alpha value is -1.21. The lowest BCUT2D eigenvalue weighted by Crippen LogP contribution is -2.49. The minimum absolute atomic E-state index is 0. The number of hydrogen-bond acceptors (Lipinski definition) is 5. The molecule has 0 aromatic heterocycles. The van der Waals surface area contributed by atoms with Crippen LogP contribution in [0.3, 0.4) is 0 Å². The number of carbonyl (C=O) groups is 1. The van der Waals surface area contributed by atoms with Crippen LogP contribution in [0.15, 0.2) is 18.2 Å². The van der Waals surface area contributed by atoms with E-state index in [0.717, 1.165) is 49.8 Å². The van der Waals surface area contributed by atoms with Gasteiger partial charge in [-0.1, -0.05) is 0 Å². The van der Waals surface area contributed by atoms with Crippen molar-refractivity contribution in [3.63, 3.8) is 0 Å². The highest BCUT2D eigenvalue weighted by Gasteiger charge is 2.22. The molecule has 1 aromatic carbocycles. The third-order valence-corrected chi connectivity index (χ3v) is 4.10. The van der Waals surface area contributed by atoms with Crippen molar-refractivity contribution in [2.45, 2.75) is 25.9 Å². The topological polar surface area (TPSA) is 68.0 Å². The van der Waals surface area contributed by atoms with Gasteiger partial charge in [-0.2, -0.15) is 0 Å². The van der Waals surface area contributed by atoms with Crippen molar-refractivity contribution < 1.29 is 14.3 Å². The van der Waals surface area contributed by atoms with Crippen molar-refractivity contribution in [3.05, 3.63) is 23.8 Å². The molecule has 0 aliphatic carbocycles. The maximum Gasteiger partial charge on any atom is 0.224 e. The third kappa shape index (κ3) is 6.90. The van der Waals surface area contributed by atoms with Gasteiger partial charge >= 0.3 is 0 Å². The van der Waals surface area contributed by atoms with Crippen LogP contribution in [0, 0.1) is 0 Å². The highest BCUT2D eigenvalue weighted by Crippen LogP contribution is 2.25. The van der Waals surface area contributed by atoms with Crippen molar-refractivity contribution in [1.29, 1.82) is 0 Å². The van der Waals surface area contributed by atoms with Gasteiger partial charge in [0.2, 0.25) is 5.91 Å². The molecule has 2 rings (SSSR count). The molecule has 8 heteroatoms. The summed E-state index contributed by atoms with van der Waals surface area (Å²) in [5, 5.41) is 0. The number of rotatable bonds is 6. The largest absolute Gasteiger partial charge is 0.497 e. The van der Waals surface area contributed by atoms with Crippen molar-refractivity contribution in [2.24, 2.45) is 5.73 Å². The van der Waals surface area contributed by atoms with E-state index in [1.807, 2.05) is 30.0 Å². The molecule has 1 unspecified atom stereocenters. The molecule has 1 saturated heterocycles. The molecule has 0 bridgehead atoms. The average molecular weight is 394 g/mol. The van der Waals surface area contributed by atoms with Gasteiger partial charge in [0.15, 0.2) is 0 Å². The maximum atomic E-state index is 12.0. The summed E-state index contributed by atoms with van der Waals surface area (Å²) < 4.78 is 10.7. The number of piperazine rings is 1. The number of methoxy groups -OCH3 is 2. The Morgan fingerprint density at radius 3 is 2.32 bits per heavy atom. The summed E-state index contributed by atoms with van der Waals surface area (Å²) in [4.78, 5) is 16.3. The van der Waals surface area contributed by atoms with Crippen LogP contribution < -0.4 is 15.2 Å². The first-order valence-electron chi connectivity index (χ1n) is 8.00. The van der Waals surface area contributed by atoms with Crippen LogP contribution in [0.2, 0.25) is 0 Å². The third-order valence-electron chi connectivity index (χ3n) is 4.10. The van der Waals surface area contributed by atoms with Crippen molar-refractivity contribution in [3.8, 4) is 11.5 Å². The molecule has 1 aromatic rings. The van der Waals surface area contributed by atoms with Crippen molar-refractivity contribution in [2.75, 3.05) is 40.4 Å². The van der Waals surface area contributed by atoms with E-state index in [0.29, 0.717) is 6.42 Å². The summed E-state index contributed by atoms with van der Waals surface area (Å²) in [5.41, 5.74) is 6.80. The fourth-order valence-electron chi connectivity index (χ4n) is 2.81. The minimum Gasteiger partial charge on any atom is -0.497 e. The lowest BCUT2D eigenvalue weighted by Gasteiger charge is -2.35. The molecular weight excluding hydrogens is 365 g/mol. The molecular formula is C17H29Cl2N3O3. The standard InChI is InChI=1S/C17H27N3O3.2ClH/c1-13(18)10-17(21)20-8-6-19(7-9-20)12-14-11-15(22-2)4-5-16(14)23-3;;/h4-5,11,13H,6-10,12,18H2,1-3H3;2*1H. The number of carbonyl (C=O) groups excluding carboxylic acids is 1. The lowest BCUT2D eigenvalue weighted by molar-refractivity contribution is -0.133. The van der Waals surface area contributed by atoms with Crippen molar-refractivity contribution in [1.82, 2.24) is 9.80 Å². The summed E-state index contributed by atoms with van der Waals surface area (Å²) in [6.45, 7) is 5.85. The summed E-state index contributed by atoms with van der Waals surface area (Å²) >= 11 is 0. The van der Waals surface area contributed by atoms with Gasteiger partial charge < -0.3 is 20.1 Å². The van der Waals surface area contributed by atoms with E-state index < -0.39 is 0 Å². The van der Waals surface area contributed by atoms with Crippen LogP contribution in [-0.2, 0) is 11.3 Å². The summed E-state index contributed by atoms with van der Waals surface area (Å²) in [6.07, 6.45) is 0.420. The molecule has 1 aliphatic rings. The van der Waals surface area contributed by atoms with E-state index in [1.165, 1.54) is 0 Å². The van der Waals surface area contributed by atoms with E-state index in [-0.39, 0.29) is 36.8 Å². The zero-order valence-corrected chi connectivity index (χ0v) is 16.7. The van der Waals surface area contributed by atoms with E-state index in [9.17, 15) is 4.79 Å². The molecule has 2 N–H and O–H groups in total. The number of amides is 1. The molecule has 1 amide bonds. The van der Waals surface area contributed by atoms with Crippen LogP contribution >= 0.6 is 24.8 Å². The molecule has 1 fully saturated rings. The van der Waals surface area contributed by atoms with Gasteiger partial charge in [0.25, 0.3) is 0 Å². The number of ether oxygens (including phenoxy) is 2. The van der Waals surface area contributed by atoms with Gasteiger partial charge in [-0.25, -0.2) is 0 Å². The number of nitrogens with zero attached hydrogens (tertiary/aromatic N) is 2. The van der Waals surface area contributed by atoms with E-state index in [4.69, 9.17) is 15.2 Å². The van der Waals surface area contributed by atoms with Crippen LogP contribution in [0.1, 0.15) is 18.9 Å². The number of halogens is 2. The van der Waals surface area contributed by atoms with Gasteiger partial charge in [-0.3, -0.25) is 9.69 Å². The van der Waals surface area contributed by atoms with Crippen LogP contribution in [0.25, 0.3) is 0 Å². The monoisotopic (exact) mass is 393 g/mol. The van der Waals surface area contributed by atoms with Gasteiger partial charge in [0.05, 0.1) is 14.2 Å². The molecule has 0 radical (unpaired) electrons. The Balaban J connectivity index is 0.00000288. The van der Waals surface area contributed by atoms with Crippen LogP contribution in [0.4, 0.5) is 0 Å². The predicted octanol–water partition coefficient (Wildman–Crippen LogP) is 1.93.